The van der Waals surface area contributed by atoms with Gasteiger partial charge in [-0.15, -0.1) is 0 Å². The molecule has 0 saturated carbocycles. The van der Waals surface area contributed by atoms with E-state index in [1.54, 1.807) is 4.90 Å². The Bertz CT molecular complexity index is 428. The van der Waals surface area contributed by atoms with Gasteiger partial charge < -0.3 is 10.0 Å². The van der Waals surface area contributed by atoms with Gasteiger partial charge in [0, 0.05) is 13.0 Å². The number of β-amino-alcohol motifs (C(OH)–C–C–N with tert-alkyl or cyclic N) is 1. The Morgan fingerprint density at radius 2 is 2.18 bits per heavy atom. The third-order valence-corrected chi connectivity index (χ3v) is 3.36. The molecule has 0 aromatic heterocycles. The van der Waals surface area contributed by atoms with E-state index in [0.717, 1.165) is 29.7 Å². The normalized spacial score (nSPS) is 17.6. The first kappa shape index (κ1) is 12.1. The predicted octanol–water partition coefficient (Wildman–Crippen LogP) is 1.96. The molecule has 3 nitrogen and oxygen atoms in total. The lowest BCUT2D eigenvalue weighted by Crippen LogP contribution is -2.29. The SMILES string of the molecule is Cc1ccc(C)c(C(O)CN2CCCC2=O)c1. The maximum absolute atomic E-state index is 11.5. The summed E-state index contributed by atoms with van der Waals surface area (Å²) >= 11 is 0. The molecule has 0 aliphatic carbocycles. The van der Waals surface area contributed by atoms with Crippen molar-refractivity contribution >= 4 is 5.91 Å². The van der Waals surface area contributed by atoms with E-state index in [1.807, 2.05) is 32.0 Å². The summed E-state index contributed by atoms with van der Waals surface area (Å²) in [5.41, 5.74) is 3.15. The number of likely N-dealkylation sites (tertiary alicyclic amines) is 1. The molecule has 1 aromatic carbocycles. The zero-order valence-corrected chi connectivity index (χ0v) is 10.4. The summed E-state index contributed by atoms with van der Waals surface area (Å²) < 4.78 is 0. The zero-order chi connectivity index (χ0) is 12.4. The summed E-state index contributed by atoms with van der Waals surface area (Å²) in [6, 6.07) is 6.05. The number of amides is 1. The average Bonchev–Trinajstić information content (AvgIpc) is 2.68. The predicted molar refractivity (Wildman–Crippen MR) is 66.7 cm³/mol. The molecule has 1 aromatic rings. The molecule has 1 heterocycles. The van der Waals surface area contributed by atoms with Crippen LogP contribution in [0, 0.1) is 13.8 Å². The second-order valence-corrected chi connectivity index (χ2v) is 4.82. The van der Waals surface area contributed by atoms with Crippen LogP contribution in [0.4, 0.5) is 0 Å². The molecule has 1 fully saturated rings. The highest BCUT2D eigenvalue weighted by molar-refractivity contribution is 5.78. The van der Waals surface area contributed by atoms with Crippen LogP contribution in [0.2, 0.25) is 0 Å². The Balaban J connectivity index is 2.11. The van der Waals surface area contributed by atoms with Gasteiger partial charge >= 0.3 is 0 Å². The molecular formula is C14H19NO2. The van der Waals surface area contributed by atoms with Crippen LogP contribution < -0.4 is 0 Å². The van der Waals surface area contributed by atoms with Gasteiger partial charge in [0.05, 0.1) is 12.6 Å². The number of benzene rings is 1. The Labute approximate surface area is 102 Å². The van der Waals surface area contributed by atoms with Gasteiger partial charge in [-0.25, -0.2) is 0 Å². The van der Waals surface area contributed by atoms with Crippen LogP contribution in [0.5, 0.6) is 0 Å². The van der Waals surface area contributed by atoms with Crippen molar-refractivity contribution in [3.63, 3.8) is 0 Å². The molecule has 17 heavy (non-hydrogen) atoms. The smallest absolute Gasteiger partial charge is 0.222 e. The molecule has 1 saturated heterocycles. The van der Waals surface area contributed by atoms with Gasteiger partial charge in [-0.3, -0.25) is 4.79 Å². The van der Waals surface area contributed by atoms with Crippen LogP contribution in [-0.2, 0) is 4.79 Å². The minimum absolute atomic E-state index is 0.161. The van der Waals surface area contributed by atoms with Crippen molar-refractivity contribution in [3.8, 4) is 0 Å². The molecule has 1 N–H and O–H groups in total. The number of aliphatic hydroxyl groups is 1. The number of rotatable bonds is 3. The first-order chi connectivity index (χ1) is 8.08. The summed E-state index contributed by atoms with van der Waals surface area (Å²) in [7, 11) is 0. The molecular weight excluding hydrogens is 214 g/mol. The molecule has 1 atom stereocenters. The second-order valence-electron chi connectivity index (χ2n) is 4.82. The number of hydrogen-bond donors (Lipinski definition) is 1. The van der Waals surface area contributed by atoms with Crippen LogP contribution in [-0.4, -0.2) is 29.0 Å². The lowest BCUT2D eigenvalue weighted by Gasteiger charge is -2.21. The third-order valence-electron chi connectivity index (χ3n) is 3.36. The van der Waals surface area contributed by atoms with Crippen LogP contribution in [0.3, 0.4) is 0 Å². The van der Waals surface area contributed by atoms with E-state index in [1.165, 1.54) is 0 Å². The summed E-state index contributed by atoms with van der Waals surface area (Å²) in [5, 5.41) is 10.2. The molecule has 1 aliphatic rings. The molecule has 3 heteroatoms. The molecule has 92 valence electrons. The lowest BCUT2D eigenvalue weighted by molar-refractivity contribution is -0.128. The fourth-order valence-corrected chi connectivity index (χ4v) is 2.32. The van der Waals surface area contributed by atoms with Gasteiger partial charge in [0.25, 0.3) is 0 Å². The van der Waals surface area contributed by atoms with Crippen molar-refractivity contribution in [1.29, 1.82) is 0 Å². The summed E-state index contributed by atoms with van der Waals surface area (Å²) in [5.74, 6) is 0.161. The Kier molecular flexibility index (Phi) is 3.48. The van der Waals surface area contributed by atoms with Gasteiger partial charge in [-0.05, 0) is 31.4 Å². The molecule has 0 bridgehead atoms. The first-order valence-electron chi connectivity index (χ1n) is 6.11. The maximum atomic E-state index is 11.5. The number of carbonyl (C=O) groups excluding carboxylic acids is 1. The fraction of sp³-hybridized carbons (Fsp3) is 0.500. The highest BCUT2D eigenvalue weighted by Gasteiger charge is 2.23. The summed E-state index contributed by atoms with van der Waals surface area (Å²) in [4.78, 5) is 13.3. The van der Waals surface area contributed by atoms with E-state index >= 15 is 0 Å². The molecule has 0 spiro atoms. The lowest BCUT2D eigenvalue weighted by atomic mass is 10.0. The van der Waals surface area contributed by atoms with Crippen molar-refractivity contribution < 1.29 is 9.90 Å². The Hall–Kier alpha value is -1.35. The maximum Gasteiger partial charge on any atom is 0.222 e. The van der Waals surface area contributed by atoms with Crippen molar-refractivity contribution in [2.45, 2.75) is 32.8 Å². The summed E-state index contributed by atoms with van der Waals surface area (Å²) in [6.45, 7) is 5.20. The molecule has 1 amide bonds. The van der Waals surface area contributed by atoms with Gasteiger partial charge in [0.1, 0.15) is 0 Å². The van der Waals surface area contributed by atoms with Gasteiger partial charge in [-0.2, -0.15) is 0 Å². The minimum atomic E-state index is -0.572. The van der Waals surface area contributed by atoms with Crippen LogP contribution >= 0.6 is 0 Å². The molecule has 2 rings (SSSR count). The number of nitrogens with zero attached hydrogens (tertiary/aromatic N) is 1. The number of hydrogen-bond acceptors (Lipinski definition) is 2. The van der Waals surface area contributed by atoms with Crippen LogP contribution in [0.25, 0.3) is 0 Å². The standard InChI is InChI=1S/C14H19NO2/c1-10-5-6-11(2)12(8-10)13(16)9-15-7-3-4-14(15)17/h5-6,8,13,16H,3-4,7,9H2,1-2H3. The Morgan fingerprint density at radius 3 is 2.82 bits per heavy atom. The van der Waals surface area contributed by atoms with Gasteiger partial charge in [0.15, 0.2) is 0 Å². The van der Waals surface area contributed by atoms with E-state index in [9.17, 15) is 9.90 Å². The quantitative estimate of drug-likeness (QED) is 0.867. The van der Waals surface area contributed by atoms with Crippen molar-refractivity contribution in [1.82, 2.24) is 4.90 Å². The van der Waals surface area contributed by atoms with Gasteiger partial charge in [0.2, 0.25) is 5.91 Å². The summed E-state index contributed by atoms with van der Waals surface area (Å²) in [6.07, 6.45) is 0.967. The number of aryl methyl sites for hydroxylation is 2. The minimum Gasteiger partial charge on any atom is -0.387 e. The largest absolute Gasteiger partial charge is 0.387 e. The first-order valence-corrected chi connectivity index (χ1v) is 6.11. The van der Waals surface area contributed by atoms with Gasteiger partial charge in [-0.1, -0.05) is 23.8 Å². The van der Waals surface area contributed by atoms with E-state index < -0.39 is 6.10 Å². The Morgan fingerprint density at radius 1 is 1.41 bits per heavy atom. The topological polar surface area (TPSA) is 40.5 Å². The monoisotopic (exact) mass is 233 g/mol. The van der Waals surface area contributed by atoms with Crippen LogP contribution in [0.1, 0.15) is 35.6 Å². The average molecular weight is 233 g/mol. The van der Waals surface area contributed by atoms with Crippen LogP contribution in [0.15, 0.2) is 18.2 Å². The molecule has 0 radical (unpaired) electrons. The molecule has 1 unspecified atom stereocenters. The zero-order valence-electron chi connectivity index (χ0n) is 10.4. The number of carbonyl (C=O) groups is 1. The van der Waals surface area contributed by atoms with E-state index in [-0.39, 0.29) is 5.91 Å². The highest BCUT2D eigenvalue weighted by atomic mass is 16.3. The van der Waals surface area contributed by atoms with E-state index in [4.69, 9.17) is 0 Å². The second kappa shape index (κ2) is 4.88. The van der Waals surface area contributed by atoms with Crippen molar-refractivity contribution in [2.75, 3.05) is 13.1 Å². The highest BCUT2D eigenvalue weighted by Crippen LogP contribution is 2.22. The fourth-order valence-electron chi connectivity index (χ4n) is 2.32. The van der Waals surface area contributed by atoms with Crippen molar-refractivity contribution in [2.24, 2.45) is 0 Å². The number of aliphatic hydroxyl groups excluding tert-OH is 1. The van der Waals surface area contributed by atoms with Crippen molar-refractivity contribution in [3.05, 3.63) is 34.9 Å². The van der Waals surface area contributed by atoms with E-state index in [0.29, 0.717) is 13.0 Å². The van der Waals surface area contributed by atoms with E-state index in [2.05, 4.69) is 0 Å². The molecule has 1 aliphatic heterocycles. The third kappa shape index (κ3) is 2.67.